The second-order valence-corrected chi connectivity index (χ2v) is 16.7. The van der Waals surface area contributed by atoms with E-state index in [2.05, 4.69) is 134 Å². The van der Waals surface area contributed by atoms with E-state index in [1.807, 2.05) is 27.0 Å². The Morgan fingerprint density at radius 2 is 1.49 bits per heavy atom. The van der Waals surface area contributed by atoms with E-state index in [9.17, 15) is 0 Å². The van der Waals surface area contributed by atoms with E-state index in [0.717, 1.165) is 61.6 Å². The van der Waals surface area contributed by atoms with E-state index in [-0.39, 0.29) is 16.9 Å². The SMILES string of the molecule is C=CCC(OC1=C(/C=C/C2=[N+](CCCOC)c3ccc(OCC)cc3C2(C)C)CC/C1=C\C=C1\N(CCCOC)c2ccc(OCC)cc2C1(C)C)c1cc[n+](C)cc1. The number of rotatable bonds is 20. The molecule has 2 aromatic carbocycles. The van der Waals surface area contributed by atoms with Gasteiger partial charge in [0.15, 0.2) is 24.7 Å². The number of aromatic nitrogens is 1. The zero-order chi connectivity index (χ0) is 42.2. The Bertz CT molecular complexity index is 2120. The highest BCUT2D eigenvalue weighted by Gasteiger charge is 2.45. The van der Waals surface area contributed by atoms with E-state index >= 15 is 0 Å². The number of methoxy groups -OCH3 is 2. The van der Waals surface area contributed by atoms with Crippen molar-refractivity contribution in [1.82, 2.24) is 0 Å². The second kappa shape index (κ2) is 19.4. The highest BCUT2D eigenvalue weighted by Crippen LogP contribution is 2.50. The number of benzene rings is 2. The van der Waals surface area contributed by atoms with E-state index in [1.165, 1.54) is 45.1 Å². The van der Waals surface area contributed by atoms with Crippen molar-refractivity contribution in [3.8, 4) is 11.5 Å². The van der Waals surface area contributed by atoms with E-state index in [4.69, 9.17) is 23.7 Å². The molecule has 3 aromatic rings. The number of hydrogen-bond acceptors (Lipinski definition) is 6. The summed E-state index contributed by atoms with van der Waals surface area (Å²) in [6, 6.07) is 17.4. The van der Waals surface area contributed by atoms with Gasteiger partial charge in [0.25, 0.3) is 0 Å². The van der Waals surface area contributed by atoms with Crippen LogP contribution in [-0.2, 0) is 32.1 Å². The summed E-state index contributed by atoms with van der Waals surface area (Å²) in [4.78, 5) is 2.47. The number of pyridine rings is 1. The molecular formula is C51H67N3O5+2. The largest absolute Gasteiger partial charge is 0.494 e. The molecule has 0 fully saturated rings. The van der Waals surface area contributed by atoms with Crippen LogP contribution in [0, 0.1) is 0 Å². The molecule has 1 aliphatic carbocycles. The van der Waals surface area contributed by atoms with Crippen LogP contribution in [0.3, 0.4) is 0 Å². The Balaban J connectivity index is 1.45. The van der Waals surface area contributed by atoms with Gasteiger partial charge in [-0.1, -0.05) is 26.0 Å². The maximum absolute atomic E-state index is 7.21. The molecule has 0 bridgehead atoms. The molecule has 314 valence electrons. The molecule has 8 nitrogen and oxygen atoms in total. The molecule has 0 saturated carbocycles. The van der Waals surface area contributed by atoms with Gasteiger partial charge in [-0.25, -0.2) is 4.57 Å². The fraction of sp³-hybridized carbons (Fsp3) is 0.451. The van der Waals surface area contributed by atoms with Crippen LogP contribution in [0.1, 0.15) is 96.4 Å². The van der Waals surface area contributed by atoms with Crippen LogP contribution in [-0.4, -0.2) is 64.0 Å². The van der Waals surface area contributed by atoms with Crippen LogP contribution in [0.25, 0.3) is 0 Å². The molecule has 0 amide bonds. The Morgan fingerprint density at radius 1 is 0.814 bits per heavy atom. The fourth-order valence-electron chi connectivity index (χ4n) is 8.84. The molecule has 0 radical (unpaired) electrons. The normalized spacial score (nSPS) is 18.6. The van der Waals surface area contributed by atoms with Crippen molar-refractivity contribution < 1.29 is 32.8 Å². The smallest absolute Gasteiger partial charge is 0.210 e. The molecule has 3 aliphatic rings. The molecule has 3 heterocycles. The molecule has 0 N–H and O–H groups in total. The minimum absolute atomic E-state index is 0.182. The predicted octanol–water partition coefficient (Wildman–Crippen LogP) is 10.3. The standard InChI is InChI=1S/C51H67N3O5/c1-11-16-46(37-27-31-52(8)32-28-37)59-49-38(19-25-47-50(4,5)42-35-40(57-12-2)21-23-44(42)53(47)29-14-33-55-9)17-18-39(49)20-26-48-51(6,7)43-36-41(58-13-3)22-24-45(43)54(48)30-15-34-56-10/h11,19-28,31-32,35-36,46H,1,12-18,29-30,33-34H2,2-10H3/q+2. The lowest BCUT2D eigenvalue weighted by atomic mass is 9.81. The lowest BCUT2D eigenvalue weighted by molar-refractivity contribution is -0.671. The van der Waals surface area contributed by atoms with Crippen molar-refractivity contribution in [1.29, 1.82) is 0 Å². The average Bonchev–Trinajstić information content (AvgIpc) is 3.77. The number of anilines is 1. The monoisotopic (exact) mass is 802 g/mol. The molecule has 1 unspecified atom stereocenters. The molecule has 1 aromatic heterocycles. The summed E-state index contributed by atoms with van der Waals surface area (Å²) < 4.78 is 34.7. The topological polar surface area (TPSA) is 56.3 Å². The lowest BCUT2D eigenvalue weighted by Gasteiger charge is -2.27. The molecule has 1 atom stereocenters. The van der Waals surface area contributed by atoms with E-state index in [0.29, 0.717) is 32.8 Å². The summed E-state index contributed by atoms with van der Waals surface area (Å²) in [6.45, 7) is 21.9. The maximum Gasteiger partial charge on any atom is 0.210 e. The summed E-state index contributed by atoms with van der Waals surface area (Å²) in [5.41, 5.74) is 10.6. The van der Waals surface area contributed by atoms with Crippen molar-refractivity contribution in [2.24, 2.45) is 7.05 Å². The van der Waals surface area contributed by atoms with Gasteiger partial charge in [-0.15, -0.1) is 6.58 Å². The van der Waals surface area contributed by atoms with Gasteiger partial charge in [0.2, 0.25) is 5.69 Å². The third-order valence-electron chi connectivity index (χ3n) is 12.0. The highest BCUT2D eigenvalue weighted by molar-refractivity contribution is 6.03. The second-order valence-electron chi connectivity index (χ2n) is 16.7. The number of nitrogens with zero attached hydrogens (tertiary/aromatic N) is 3. The van der Waals surface area contributed by atoms with Crippen LogP contribution < -0.4 is 18.9 Å². The van der Waals surface area contributed by atoms with Crippen molar-refractivity contribution >= 4 is 17.1 Å². The number of ether oxygens (including phenoxy) is 5. The molecule has 8 heteroatoms. The van der Waals surface area contributed by atoms with Gasteiger partial charge >= 0.3 is 0 Å². The van der Waals surface area contributed by atoms with Gasteiger partial charge in [-0.2, -0.15) is 4.58 Å². The van der Waals surface area contributed by atoms with Gasteiger partial charge in [-0.3, -0.25) is 0 Å². The zero-order valence-corrected chi connectivity index (χ0v) is 37.1. The quantitative estimate of drug-likeness (QED) is 0.0645. The van der Waals surface area contributed by atoms with Crippen molar-refractivity contribution in [3.05, 3.63) is 137 Å². The van der Waals surface area contributed by atoms with Gasteiger partial charge < -0.3 is 28.6 Å². The first-order valence-corrected chi connectivity index (χ1v) is 21.5. The summed E-state index contributed by atoms with van der Waals surface area (Å²) in [7, 11) is 5.59. The lowest BCUT2D eigenvalue weighted by Crippen LogP contribution is -2.28. The number of hydrogen-bond donors (Lipinski definition) is 0. The average molecular weight is 802 g/mol. The first-order chi connectivity index (χ1) is 28.5. The zero-order valence-electron chi connectivity index (χ0n) is 37.1. The van der Waals surface area contributed by atoms with E-state index in [1.54, 1.807) is 14.2 Å². The third kappa shape index (κ3) is 9.45. The van der Waals surface area contributed by atoms with E-state index < -0.39 is 0 Å². The highest BCUT2D eigenvalue weighted by atomic mass is 16.5. The van der Waals surface area contributed by atoms with Gasteiger partial charge in [0.05, 0.1) is 25.2 Å². The molecule has 59 heavy (non-hydrogen) atoms. The van der Waals surface area contributed by atoms with Crippen LogP contribution >= 0.6 is 0 Å². The Kier molecular flexibility index (Phi) is 14.4. The summed E-state index contributed by atoms with van der Waals surface area (Å²) in [6.07, 6.45) is 19.5. The Labute approximate surface area is 353 Å². The van der Waals surface area contributed by atoms with Gasteiger partial charge in [-0.05, 0) is 106 Å². The molecular weight excluding hydrogens is 735 g/mol. The molecule has 6 rings (SSSR count). The van der Waals surface area contributed by atoms with Crippen LogP contribution in [0.2, 0.25) is 0 Å². The minimum Gasteiger partial charge on any atom is -0.494 e. The van der Waals surface area contributed by atoms with Crippen LogP contribution in [0.5, 0.6) is 11.5 Å². The summed E-state index contributed by atoms with van der Waals surface area (Å²) in [5, 5.41) is 0. The minimum atomic E-state index is -0.238. The Morgan fingerprint density at radius 3 is 2.17 bits per heavy atom. The fourth-order valence-corrected chi connectivity index (χ4v) is 8.84. The van der Waals surface area contributed by atoms with Crippen molar-refractivity contribution in [2.45, 2.75) is 90.6 Å². The maximum atomic E-state index is 7.21. The first-order valence-electron chi connectivity index (χ1n) is 21.5. The first kappa shape index (κ1) is 43.7. The van der Waals surface area contributed by atoms with Crippen molar-refractivity contribution in [3.63, 3.8) is 0 Å². The molecule has 2 aliphatic heterocycles. The summed E-state index contributed by atoms with van der Waals surface area (Å²) in [5.74, 6) is 2.76. The van der Waals surface area contributed by atoms with Crippen molar-refractivity contribution in [2.75, 3.05) is 58.6 Å². The van der Waals surface area contributed by atoms with Gasteiger partial charge in [0, 0.05) is 92.4 Å². The Hall–Kier alpha value is -4.92. The number of fused-ring (bicyclic) bond motifs is 2. The van der Waals surface area contributed by atoms with Gasteiger partial charge in [0.1, 0.15) is 30.4 Å². The van der Waals surface area contributed by atoms with Crippen LogP contribution in [0.15, 0.2) is 120 Å². The van der Waals surface area contributed by atoms with Crippen LogP contribution in [0.4, 0.5) is 11.4 Å². The molecule has 0 saturated heterocycles. The molecule has 0 spiro atoms. The predicted molar refractivity (Wildman–Crippen MR) is 239 cm³/mol. The number of allylic oxidation sites excluding steroid dienone is 7. The number of aryl methyl sites for hydroxylation is 1. The summed E-state index contributed by atoms with van der Waals surface area (Å²) >= 11 is 0. The third-order valence-corrected chi connectivity index (χ3v) is 12.0.